The third kappa shape index (κ3) is 4.30. The number of carbonyl (C=O) groups is 1. The summed E-state index contributed by atoms with van der Waals surface area (Å²) in [7, 11) is 0. The molecule has 1 aliphatic rings. The number of hydrogen-bond donors (Lipinski definition) is 0. The molecule has 0 aliphatic carbocycles. The molecule has 30 heavy (non-hydrogen) atoms. The van der Waals surface area contributed by atoms with Crippen LogP contribution in [-0.2, 0) is 24.6 Å². The Balaban J connectivity index is 1.70. The summed E-state index contributed by atoms with van der Waals surface area (Å²) in [5.74, 6) is -0.325. The summed E-state index contributed by atoms with van der Waals surface area (Å²) in [6.07, 6.45) is 0.843. The van der Waals surface area contributed by atoms with E-state index in [1.165, 1.54) is 6.92 Å². The van der Waals surface area contributed by atoms with Crippen molar-refractivity contribution in [3.05, 3.63) is 108 Å². The molecule has 0 aromatic heterocycles. The smallest absolute Gasteiger partial charge is 0.304 e. The molecule has 3 aromatic rings. The fourth-order valence-electron chi connectivity index (χ4n) is 4.05. The van der Waals surface area contributed by atoms with E-state index < -0.39 is 11.9 Å². The number of esters is 1. The van der Waals surface area contributed by atoms with Gasteiger partial charge in [0, 0.05) is 13.3 Å². The highest BCUT2D eigenvalue weighted by atomic mass is 16.7. The molecule has 3 aromatic carbocycles. The summed E-state index contributed by atoms with van der Waals surface area (Å²) in [6, 6.07) is 30.8. The van der Waals surface area contributed by atoms with E-state index in [4.69, 9.17) is 14.2 Å². The molecular weight excluding hydrogens is 376 g/mol. The maximum Gasteiger partial charge on any atom is 0.304 e. The molecule has 2 atom stereocenters. The number of benzene rings is 3. The molecule has 0 N–H and O–H groups in total. The summed E-state index contributed by atoms with van der Waals surface area (Å²) in [4.78, 5) is 11.2. The van der Waals surface area contributed by atoms with Crippen LogP contribution in [0, 0.1) is 0 Å². The van der Waals surface area contributed by atoms with Crippen LogP contribution in [0.3, 0.4) is 0 Å². The zero-order valence-corrected chi connectivity index (χ0v) is 17.1. The molecule has 4 heteroatoms. The van der Waals surface area contributed by atoms with Crippen molar-refractivity contribution in [2.24, 2.45) is 0 Å². The molecule has 0 bridgehead atoms. The van der Waals surface area contributed by atoms with E-state index in [9.17, 15) is 4.79 Å². The second kappa shape index (κ2) is 9.24. The molecular formula is C26H26O4. The first-order valence-corrected chi connectivity index (χ1v) is 10.3. The van der Waals surface area contributed by atoms with Crippen LogP contribution in [0.4, 0.5) is 0 Å². The van der Waals surface area contributed by atoms with Gasteiger partial charge in [0.25, 0.3) is 0 Å². The third-order valence-electron chi connectivity index (χ3n) is 5.39. The number of hydrogen-bond acceptors (Lipinski definition) is 4. The van der Waals surface area contributed by atoms with Gasteiger partial charge in [0.15, 0.2) is 0 Å². The van der Waals surface area contributed by atoms with Crippen LogP contribution in [0.5, 0.6) is 0 Å². The molecule has 0 saturated carbocycles. The Hall–Kier alpha value is -2.95. The van der Waals surface area contributed by atoms with Crippen LogP contribution in [0.25, 0.3) is 0 Å². The van der Waals surface area contributed by atoms with Crippen LogP contribution in [-0.4, -0.2) is 25.0 Å². The minimum atomic E-state index is -0.771. The topological polar surface area (TPSA) is 44.8 Å². The molecule has 1 heterocycles. The zero-order valence-electron chi connectivity index (χ0n) is 17.1. The van der Waals surface area contributed by atoms with Crippen molar-refractivity contribution in [2.45, 2.75) is 37.8 Å². The van der Waals surface area contributed by atoms with E-state index in [-0.39, 0.29) is 12.1 Å². The fraction of sp³-hybridized carbons (Fsp3) is 0.269. The van der Waals surface area contributed by atoms with Crippen LogP contribution in [0.1, 0.15) is 36.5 Å². The zero-order chi connectivity index (χ0) is 20.8. The molecule has 1 aliphatic heterocycles. The molecule has 4 rings (SSSR count). The van der Waals surface area contributed by atoms with Crippen molar-refractivity contribution < 1.29 is 19.0 Å². The van der Waals surface area contributed by atoms with Gasteiger partial charge >= 0.3 is 5.97 Å². The highest BCUT2D eigenvalue weighted by Crippen LogP contribution is 2.41. The summed E-state index contributed by atoms with van der Waals surface area (Å²) in [5, 5.41) is 0. The number of rotatable bonds is 7. The number of carbonyl (C=O) groups excluding carboxylic acids is 1. The molecule has 1 fully saturated rings. The van der Waals surface area contributed by atoms with Gasteiger partial charge in [-0.3, -0.25) is 4.79 Å². The third-order valence-corrected chi connectivity index (χ3v) is 5.39. The Bertz CT molecular complexity index is 844. The van der Waals surface area contributed by atoms with Crippen LogP contribution in [0.15, 0.2) is 91.0 Å². The van der Waals surface area contributed by atoms with Gasteiger partial charge in [-0.25, -0.2) is 0 Å². The second-order valence-electron chi connectivity index (χ2n) is 7.46. The lowest BCUT2D eigenvalue weighted by atomic mass is 9.80. The van der Waals surface area contributed by atoms with Gasteiger partial charge in [0.05, 0.1) is 12.7 Å². The molecule has 0 spiro atoms. The van der Waals surface area contributed by atoms with E-state index >= 15 is 0 Å². The molecule has 0 amide bonds. The van der Waals surface area contributed by atoms with Gasteiger partial charge in [-0.05, 0) is 23.1 Å². The van der Waals surface area contributed by atoms with E-state index in [1.54, 1.807) is 0 Å². The molecule has 1 unspecified atom stereocenters. The van der Waals surface area contributed by atoms with Crippen molar-refractivity contribution >= 4 is 5.97 Å². The standard InChI is InChI=1S/C26H26O4/c1-20(27)29-25-18-17-24(30-25)19-28-26(21-11-5-2-6-12-21,22-13-7-3-8-14-22)23-15-9-4-10-16-23/h2-16,24-25H,17-19H2,1H3/t24-,25?/m0/s1. The first kappa shape index (κ1) is 20.3. The highest BCUT2D eigenvalue weighted by Gasteiger charge is 2.39. The lowest BCUT2D eigenvalue weighted by Crippen LogP contribution is -2.36. The van der Waals surface area contributed by atoms with Crippen LogP contribution < -0.4 is 0 Å². The fourth-order valence-corrected chi connectivity index (χ4v) is 4.05. The largest absolute Gasteiger partial charge is 0.436 e. The Morgan fingerprint density at radius 1 is 0.833 bits per heavy atom. The Morgan fingerprint density at radius 3 is 1.73 bits per heavy atom. The predicted octanol–water partition coefficient (Wildman–Crippen LogP) is 5.06. The second-order valence-corrected chi connectivity index (χ2v) is 7.46. The number of ether oxygens (including phenoxy) is 3. The minimum absolute atomic E-state index is 0.134. The van der Waals surface area contributed by atoms with Gasteiger partial charge in [-0.1, -0.05) is 91.0 Å². The first-order valence-electron chi connectivity index (χ1n) is 10.3. The maximum absolute atomic E-state index is 11.2. The van der Waals surface area contributed by atoms with E-state index in [0.717, 1.165) is 23.1 Å². The van der Waals surface area contributed by atoms with Gasteiger partial charge in [-0.15, -0.1) is 0 Å². The SMILES string of the molecule is CC(=O)OC1CC[C@@H](COC(c2ccccc2)(c2ccccc2)c2ccccc2)O1. The van der Waals surface area contributed by atoms with Gasteiger partial charge < -0.3 is 14.2 Å². The monoisotopic (exact) mass is 402 g/mol. The summed E-state index contributed by atoms with van der Waals surface area (Å²) in [5.41, 5.74) is 2.39. The van der Waals surface area contributed by atoms with E-state index in [0.29, 0.717) is 13.0 Å². The average molecular weight is 402 g/mol. The van der Waals surface area contributed by atoms with E-state index in [2.05, 4.69) is 36.4 Å². The quantitative estimate of drug-likeness (QED) is 0.409. The summed E-state index contributed by atoms with van der Waals surface area (Å²) in [6.45, 7) is 1.79. The summed E-state index contributed by atoms with van der Waals surface area (Å²) < 4.78 is 17.9. The van der Waals surface area contributed by atoms with Crippen molar-refractivity contribution in [3.8, 4) is 0 Å². The lowest BCUT2D eigenvalue weighted by Gasteiger charge is -2.36. The van der Waals surface area contributed by atoms with Gasteiger partial charge in [0.2, 0.25) is 6.29 Å². The van der Waals surface area contributed by atoms with Gasteiger partial charge in [0.1, 0.15) is 5.60 Å². The average Bonchev–Trinajstić information content (AvgIpc) is 3.23. The molecule has 4 nitrogen and oxygen atoms in total. The minimum Gasteiger partial charge on any atom is -0.436 e. The normalized spacial score (nSPS) is 18.8. The predicted molar refractivity (Wildman–Crippen MR) is 115 cm³/mol. The molecule has 154 valence electrons. The van der Waals surface area contributed by atoms with Gasteiger partial charge in [-0.2, -0.15) is 0 Å². The van der Waals surface area contributed by atoms with Crippen molar-refractivity contribution in [1.82, 2.24) is 0 Å². The Labute approximate surface area is 177 Å². The van der Waals surface area contributed by atoms with Crippen molar-refractivity contribution in [3.63, 3.8) is 0 Å². The lowest BCUT2D eigenvalue weighted by molar-refractivity contribution is -0.178. The summed E-state index contributed by atoms with van der Waals surface area (Å²) >= 11 is 0. The molecule has 1 saturated heterocycles. The Kier molecular flexibility index (Phi) is 6.26. The first-order chi connectivity index (χ1) is 14.7. The van der Waals surface area contributed by atoms with E-state index in [1.807, 2.05) is 54.6 Å². The maximum atomic E-state index is 11.2. The van der Waals surface area contributed by atoms with Crippen LogP contribution in [0.2, 0.25) is 0 Å². The molecule has 0 radical (unpaired) electrons. The van der Waals surface area contributed by atoms with Crippen molar-refractivity contribution in [1.29, 1.82) is 0 Å². The van der Waals surface area contributed by atoms with Crippen LogP contribution >= 0.6 is 0 Å². The highest BCUT2D eigenvalue weighted by molar-refractivity contribution is 5.66. The Morgan fingerprint density at radius 2 is 1.30 bits per heavy atom. The van der Waals surface area contributed by atoms with Crippen molar-refractivity contribution in [2.75, 3.05) is 6.61 Å².